The molecule has 31 heavy (non-hydrogen) atoms. The number of aromatic nitrogens is 2. The SMILES string of the molecule is CCOC(=O)c1ccc(N2N=C(C)/C(=C/c3ccc4c(c3)n(C)c(=O)n4C)C2=O)cc1. The largest absolute Gasteiger partial charge is 0.462 e. The maximum Gasteiger partial charge on any atom is 0.338 e. The van der Waals surface area contributed by atoms with Gasteiger partial charge in [-0.05, 0) is 61.9 Å². The fourth-order valence-electron chi connectivity index (χ4n) is 3.59. The fourth-order valence-corrected chi connectivity index (χ4v) is 3.59. The molecule has 1 aliphatic rings. The molecular formula is C23H22N4O4. The van der Waals surface area contributed by atoms with Gasteiger partial charge in [-0.1, -0.05) is 6.07 Å². The number of aryl methyl sites for hydroxylation is 2. The van der Waals surface area contributed by atoms with Gasteiger partial charge >= 0.3 is 11.7 Å². The van der Waals surface area contributed by atoms with Crippen molar-refractivity contribution in [3.63, 3.8) is 0 Å². The Balaban J connectivity index is 1.64. The van der Waals surface area contributed by atoms with Crippen molar-refractivity contribution in [2.24, 2.45) is 19.2 Å². The number of esters is 1. The van der Waals surface area contributed by atoms with E-state index in [0.717, 1.165) is 16.6 Å². The van der Waals surface area contributed by atoms with Crippen LogP contribution in [-0.2, 0) is 23.6 Å². The number of carbonyl (C=O) groups is 2. The van der Waals surface area contributed by atoms with Crippen molar-refractivity contribution in [2.75, 3.05) is 11.6 Å². The van der Waals surface area contributed by atoms with E-state index in [0.29, 0.717) is 29.1 Å². The molecule has 8 nitrogen and oxygen atoms in total. The zero-order valence-corrected chi connectivity index (χ0v) is 17.7. The second kappa shape index (κ2) is 7.71. The average molecular weight is 418 g/mol. The molecule has 0 fully saturated rings. The fraction of sp³-hybridized carbons (Fsp3) is 0.217. The van der Waals surface area contributed by atoms with E-state index < -0.39 is 5.97 Å². The monoisotopic (exact) mass is 418 g/mol. The smallest absolute Gasteiger partial charge is 0.338 e. The molecule has 3 aromatic rings. The van der Waals surface area contributed by atoms with Gasteiger partial charge < -0.3 is 4.74 Å². The number of benzene rings is 2. The molecule has 1 aliphatic heterocycles. The molecule has 1 aromatic heterocycles. The highest BCUT2D eigenvalue weighted by Crippen LogP contribution is 2.26. The van der Waals surface area contributed by atoms with Crippen LogP contribution in [0.5, 0.6) is 0 Å². The third kappa shape index (κ3) is 3.46. The molecule has 0 aliphatic carbocycles. The molecule has 8 heteroatoms. The van der Waals surface area contributed by atoms with Crippen LogP contribution in [0.2, 0.25) is 0 Å². The zero-order valence-electron chi connectivity index (χ0n) is 17.7. The van der Waals surface area contributed by atoms with Crippen LogP contribution in [0.3, 0.4) is 0 Å². The number of fused-ring (bicyclic) bond motifs is 1. The summed E-state index contributed by atoms with van der Waals surface area (Å²) in [6.07, 6.45) is 1.77. The maximum atomic E-state index is 13.0. The Labute approximate surface area is 178 Å². The van der Waals surface area contributed by atoms with Crippen molar-refractivity contribution in [1.82, 2.24) is 9.13 Å². The highest BCUT2D eigenvalue weighted by molar-refractivity contribution is 6.32. The first-order valence-electron chi connectivity index (χ1n) is 9.86. The van der Waals surface area contributed by atoms with Crippen LogP contribution in [0.15, 0.2) is 57.9 Å². The van der Waals surface area contributed by atoms with Crippen molar-refractivity contribution >= 4 is 40.4 Å². The molecule has 0 unspecified atom stereocenters. The van der Waals surface area contributed by atoms with Crippen molar-refractivity contribution in [3.8, 4) is 0 Å². The summed E-state index contributed by atoms with van der Waals surface area (Å²) >= 11 is 0. The van der Waals surface area contributed by atoms with Gasteiger partial charge in [0.05, 0.1) is 40.2 Å². The molecule has 0 spiro atoms. The molecule has 0 N–H and O–H groups in total. The Hall–Kier alpha value is -3.94. The first kappa shape index (κ1) is 20.3. The van der Waals surface area contributed by atoms with E-state index in [1.807, 2.05) is 18.2 Å². The molecule has 0 atom stereocenters. The summed E-state index contributed by atoms with van der Waals surface area (Å²) in [6.45, 7) is 3.81. The minimum Gasteiger partial charge on any atom is -0.462 e. The molecule has 2 aromatic carbocycles. The number of carbonyl (C=O) groups excluding carboxylic acids is 2. The van der Waals surface area contributed by atoms with E-state index in [9.17, 15) is 14.4 Å². The maximum absolute atomic E-state index is 13.0. The number of hydrazone groups is 1. The lowest BCUT2D eigenvalue weighted by Crippen LogP contribution is -2.21. The predicted octanol–water partition coefficient (Wildman–Crippen LogP) is 2.86. The highest BCUT2D eigenvalue weighted by Gasteiger charge is 2.29. The van der Waals surface area contributed by atoms with Crippen molar-refractivity contribution in [1.29, 1.82) is 0 Å². The average Bonchev–Trinajstić information content (AvgIpc) is 3.17. The third-order valence-electron chi connectivity index (χ3n) is 5.29. The quantitative estimate of drug-likeness (QED) is 0.482. The van der Waals surface area contributed by atoms with Gasteiger partial charge in [0.25, 0.3) is 5.91 Å². The van der Waals surface area contributed by atoms with Gasteiger partial charge in [0.1, 0.15) is 0 Å². The molecule has 158 valence electrons. The van der Waals surface area contributed by atoms with Crippen LogP contribution in [0, 0.1) is 0 Å². The Bertz CT molecular complexity index is 1330. The summed E-state index contributed by atoms with van der Waals surface area (Å²) in [5.41, 5.74) is 4.32. The predicted molar refractivity (Wildman–Crippen MR) is 119 cm³/mol. The highest BCUT2D eigenvalue weighted by atomic mass is 16.5. The van der Waals surface area contributed by atoms with E-state index in [1.54, 1.807) is 67.4 Å². The first-order valence-corrected chi connectivity index (χ1v) is 9.86. The van der Waals surface area contributed by atoms with Gasteiger partial charge in [-0.2, -0.15) is 10.1 Å². The van der Waals surface area contributed by atoms with E-state index in [4.69, 9.17) is 4.74 Å². The van der Waals surface area contributed by atoms with Gasteiger partial charge in [0.2, 0.25) is 0 Å². The van der Waals surface area contributed by atoms with Gasteiger partial charge in [-0.15, -0.1) is 0 Å². The summed E-state index contributed by atoms with van der Waals surface area (Å²) in [7, 11) is 3.45. The Morgan fingerprint density at radius 1 is 1.03 bits per heavy atom. The number of ether oxygens (including phenoxy) is 1. The summed E-state index contributed by atoms with van der Waals surface area (Å²) in [5.74, 6) is -0.670. The lowest BCUT2D eigenvalue weighted by atomic mass is 10.1. The lowest BCUT2D eigenvalue weighted by Gasteiger charge is -2.12. The topological polar surface area (TPSA) is 85.9 Å². The molecule has 4 rings (SSSR count). The number of anilines is 1. The van der Waals surface area contributed by atoms with Crippen molar-refractivity contribution in [3.05, 3.63) is 69.6 Å². The molecule has 0 saturated heterocycles. The third-order valence-corrected chi connectivity index (χ3v) is 5.29. The number of rotatable bonds is 4. The standard InChI is InChI=1S/C23H22N4O4/c1-5-31-22(29)16-7-9-17(10-8-16)27-21(28)18(14(2)24-27)12-15-6-11-19-20(13-15)26(4)23(30)25(19)3/h6-13H,5H2,1-4H3/b18-12-. The van der Waals surface area contributed by atoms with E-state index in [-0.39, 0.29) is 11.6 Å². The first-order chi connectivity index (χ1) is 14.8. The normalized spacial score (nSPS) is 15.1. The number of hydrogen-bond donors (Lipinski definition) is 0. The van der Waals surface area contributed by atoms with Crippen LogP contribution < -0.4 is 10.7 Å². The summed E-state index contributed by atoms with van der Waals surface area (Å²) in [5, 5.41) is 5.70. The minimum atomic E-state index is -0.409. The lowest BCUT2D eigenvalue weighted by molar-refractivity contribution is -0.114. The van der Waals surface area contributed by atoms with E-state index in [2.05, 4.69) is 5.10 Å². The van der Waals surface area contributed by atoms with E-state index in [1.165, 1.54) is 5.01 Å². The molecular weight excluding hydrogens is 396 g/mol. The molecule has 1 amide bonds. The number of hydrogen-bond acceptors (Lipinski definition) is 5. The minimum absolute atomic E-state index is 0.105. The second-order valence-corrected chi connectivity index (χ2v) is 7.28. The summed E-state index contributed by atoms with van der Waals surface area (Å²) in [4.78, 5) is 37.0. The van der Waals surface area contributed by atoms with Gasteiger partial charge in [-0.3, -0.25) is 13.9 Å². The molecule has 2 heterocycles. The Morgan fingerprint density at radius 2 is 1.71 bits per heavy atom. The van der Waals surface area contributed by atoms with Crippen molar-refractivity contribution in [2.45, 2.75) is 13.8 Å². The van der Waals surface area contributed by atoms with Crippen LogP contribution in [0.4, 0.5) is 5.69 Å². The summed E-state index contributed by atoms with van der Waals surface area (Å²) in [6, 6.07) is 12.1. The number of nitrogens with zero attached hydrogens (tertiary/aromatic N) is 4. The van der Waals surface area contributed by atoms with Crippen LogP contribution in [0.25, 0.3) is 17.1 Å². The van der Waals surface area contributed by atoms with Crippen LogP contribution in [0.1, 0.15) is 29.8 Å². The Morgan fingerprint density at radius 3 is 2.39 bits per heavy atom. The van der Waals surface area contributed by atoms with Gasteiger partial charge in [-0.25, -0.2) is 9.59 Å². The summed E-state index contributed by atoms with van der Waals surface area (Å²) < 4.78 is 8.14. The molecule has 0 saturated carbocycles. The van der Waals surface area contributed by atoms with Crippen LogP contribution >= 0.6 is 0 Å². The second-order valence-electron chi connectivity index (χ2n) is 7.28. The number of amides is 1. The van der Waals surface area contributed by atoms with Gasteiger partial charge in [0.15, 0.2) is 0 Å². The van der Waals surface area contributed by atoms with E-state index >= 15 is 0 Å². The van der Waals surface area contributed by atoms with Crippen molar-refractivity contribution < 1.29 is 14.3 Å². The zero-order chi connectivity index (χ0) is 22.3. The molecule has 0 radical (unpaired) electrons. The van der Waals surface area contributed by atoms with Gasteiger partial charge in [0, 0.05) is 14.1 Å². The van der Waals surface area contributed by atoms with Crippen LogP contribution in [-0.4, -0.2) is 33.3 Å². The molecule has 0 bridgehead atoms. The Kier molecular flexibility index (Phi) is 5.06. The number of imidazole rings is 1.